The summed E-state index contributed by atoms with van der Waals surface area (Å²) < 4.78 is 76.0. The number of alkyl halides is 3. The predicted octanol–water partition coefficient (Wildman–Crippen LogP) is 3.40. The highest BCUT2D eigenvalue weighted by Crippen LogP contribution is 2.34. The first-order valence-electron chi connectivity index (χ1n) is 9.05. The Balaban J connectivity index is 1.66. The minimum Gasteiger partial charge on any atom is -0.482 e. The van der Waals surface area contributed by atoms with Crippen LogP contribution in [0.5, 0.6) is 5.75 Å². The molecular weight excluding hydrogens is 461 g/mol. The van der Waals surface area contributed by atoms with Crippen molar-refractivity contribution in [3.63, 3.8) is 0 Å². The molecule has 1 fully saturated rings. The van der Waals surface area contributed by atoms with Crippen LogP contribution in [0.4, 0.5) is 18.9 Å². The number of nitrogens with zero attached hydrogens (tertiary/aromatic N) is 1. The number of ether oxygens (including phenoxy) is 2. The molecule has 31 heavy (non-hydrogen) atoms. The van der Waals surface area contributed by atoms with Gasteiger partial charge in [-0.15, -0.1) is 0 Å². The summed E-state index contributed by atoms with van der Waals surface area (Å²) in [6.07, 6.45) is -4.63. The highest BCUT2D eigenvalue weighted by Gasteiger charge is 2.33. The highest BCUT2D eigenvalue weighted by atomic mass is 35.5. The van der Waals surface area contributed by atoms with Gasteiger partial charge in [-0.2, -0.15) is 17.5 Å². The lowest BCUT2D eigenvalue weighted by Crippen LogP contribution is -2.40. The summed E-state index contributed by atoms with van der Waals surface area (Å²) >= 11 is 6.09. The van der Waals surface area contributed by atoms with Gasteiger partial charge < -0.3 is 14.8 Å². The summed E-state index contributed by atoms with van der Waals surface area (Å²) in [5, 5.41) is 2.09. The minimum absolute atomic E-state index is 0.0156. The van der Waals surface area contributed by atoms with E-state index in [9.17, 15) is 26.4 Å². The number of halogens is 4. The number of hydrogen-bond donors (Lipinski definition) is 1. The second-order valence-electron chi connectivity index (χ2n) is 6.49. The molecule has 0 atom stereocenters. The van der Waals surface area contributed by atoms with E-state index in [1.54, 1.807) is 0 Å². The summed E-state index contributed by atoms with van der Waals surface area (Å²) in [6.45, 7) is 0.401. The summed E-state index contributed by atoms with van der Waals surface area (Å²) in [4.78, 5) is 12.0. The first-order chi connectivity index (χ1) is 14.6. The number of carbonyl (C=O) groups excluding carboxylic acids is 1. The Morgan fingerprint density at radius 3 is 2.48 bits per heavy atom. The lowest BCUT2D eigenvalue weighted by molar-refractivity contribution is -0.137. The van der Waals surface area contributed by atoms with Gasteiger partial charge in [0.15, 0.2) is 6.61 Å². The molecule has 0 spiro atoms. The lowest BCUT2D eigenvalue weighted by atomic mass is 10.1. The Bertz CT molecular complexity index is 1060. The van der Waals surface area contributed by atoms with E-state index in [0.29, 0.717) is 13.2 Å². The first-order valence-corrected chi connectivity index (χ1v) is 10.9. The average Bonchev–Trinajstić information content (AvgIpc) is 2.73. The number of sulfonamides is 1. The van der Waals surface area contributed by atoms with Gasteiger partial charge in [0, 0.05) is 13.1 Å². The number of carbonyl (C=O) groups is 1. The number of nitrogens with one attached hydrogen (secondary N) is 1. The van der Waals surface area contributed by atoms with E-state index in [4.69, 9.17) is 21.1 Å². The third-order valence-electron chi connectivity index (χ3n) is 4.38. The predicted molar refractivity (Wildman–Crippen MR) is 107 cm³/mol. The van der Waals surface area contributed by atoms with Crippen molar-refractivity contribution in [1.82, 2.24) is 4.31 Å². The molecule has 1 heterocycles. The molecule has 1 aliphatic rings. The van der Waals surface area contributed by atoms with E-state index in [0.717, 1.165) is 12.1 Å². The molecule has 0 bridgehead atoms. The maximum Gasteiger partial charge on any atom is 0.418 e. The van der Waals surface area contributed by atoms with Gasteiger partial charge >= 0.3 is 6.18 Å². The molecule has 3 rings (SSSR count). The zero-order chi connectivity index (χ0) is 22.6. The van der Waals surface area contributed by atoms with Crippen LogP contribution in [-0.4, -0.2) is 51.5 Å². The van der Waals surface area contributed by atoms with Crippen molar-refractivity contribution in [2.75, 3.05) is 38.2 Å². The maximum absolute atomic E-state index is 13.0. The van der Waals surface area contributed by atoms with Crippen molar-refractivity contribution in [1.29, 1.82) is 0 Å². The fraction of sp³-hybridized carbons (Fsp3) is 0.316. The number of para-hydroxylation sites is 1. The summed E-state index contributed by atoms with van der Waals surface area (Å²) in [5.74, 6) is -0.820. The Hall–Kier alpha value is -2.34. The van der Waals surface area contributed by atoms with Gasteiger partial charge in [-0.25, -0.2) is 8.42 Å². The standard InChI is InChI=1S/C19H18ClF3N2O5S/c20-15-11-13(31(27,28)25-7-9-29-10-8-25)5-6-17(15)30-12-18(26)24-16-4-2-1-3-14(16)19(21,22)23/h1-6,11H,7-10,12H2,(H,24,26). The fourth-order valence-electron chi connectivity index (χ4n) is 2.86. The largest absolute Gasteiger partial charge is 0.482 e. The zero-order valence-corrected chi connectivity index (χ0v) is 17.6. The van der Waals surface area contributed by atoms with Gasteiger partial charge in [-0.3, -0.25) is 4.79 Å². The average molecular weight is 479 g/mol. The van der Waals surface area contributed by atoms with E-state index >= 15 is 0 Å². The van der Waals surface area contributed by atoms with Crippen LogP contribution in [0.25, 0.3) is 0 Å². The van der Waals surface area contributed by atoms with E-state index in [1.165, 1.54) is 34.6 Å². The normalized spacial score (nSPS) is 15.5. The summed E-state index contributed by atoms with van der Waals surface area (Å²) in [6, 6.07) is 8.30. The monoisotopic (exact) mass is 478 g/mol. The third kappa shape index (κ3) is 5.67. The van der Waals surface area contributed by atoms with Gasteiger partial charge in [-0.05, 0) is 30.3 Å². The molecule has 1 N–H and O–H groups in total. The van der Waals surface area contributed by atoms with Crippen molar-refractivity contribution >= 4 is 33.2 Å². The van der Waals surface area contributed by atoms with E-state index in [-0.39, 0.29) is 28.8 Å². The molecule has 1 amide bonds. The van der Waals surface area contributed by atoms with Crippen LogP contribution in [0.15, 0.2) is 47.4 Å². The van der Waals surface area contributed by atoms with Crippen LogP contribution < -0.4 is 10.1 Å². The minimum atomic E-state index is -4.63. The van der Waals surface area contributed by atoms with Crippen LogP contribution in [-0.2, 0) is 25.7 Å². The van der Waals surface area contributed by atoms with Gasteiger partial charge in [0.25, 0.3) is 5.91 Å². The van der Waals surface area contributed by atoms with Crippen LogP contribution in [0.2, 0.25) is 5.02 Å². The van der Waals surface area contributed by atoms with Crippen LogP contribution in [0.1, 0.15) is 5.56 Å². The molecule has 0 unspecified atom stereocenters. The van der Waals surface area contributed by atoms with Gasteiger partial charge in [0.05, 0.1) is 34.4 Å². The molecule has 12 heteroatoms. The molecule has 0 aliphatic carbocycles. The Kier molecular flexibility index (Phi) is 7.10. The zero-order valence-electron chi connectivity index (χ0n) is 16.0. The van der Waals surface area contributed by atoms with Crippen LogP contribution >= 0.6 is 11.6 Å². The quantitative estimate of drug-likeness (QED) is 0.688. The molecule has 1 aliphatic heterocycles. The second kappa shape index (κ2) is 9.43. The number of morpholine rings is 1. The molecule has 2 aromatic carbocycles. The number of hydrogen-bond acceptors (Lipinski definition) is 5. The second-order valence-corrected chi connectivity index (χ2v) is 8.83. The molecule has 2 aromatic rings. The Labute approximate surface area is 181 Å². The van der Waals surface area contributed by atoms with E-state index < -0.39 is 40.0 Å². The summed E-state index contributed by atoms with van der Waals surface area (Å²) in [7, 11) is -3.76. The number of amides is 1. The highest BCUT2D eigenvalue weighted by molar-refractivity contribution is 7.89. The van der Waals surface area contributed by atoms with Gasteiger partial charge in [-0.1, -0.05) is 23.7 Å². The lowest BCUT2D eigenvalue weighted by Gasteiger charge is -2.26. The molecular formula is C19H18ClF3N2O5S. The van der Waals surface area contributed by atoms with Gasteiger partial charge in [0.2, 0.25) is 10.0 Å². The molecule has 0 radical (unpaired) electrons. The first kappa shape index (κ1) is 23.3. The van der Waals surface area contributed by atoms with E-state index in [1.807, 2.05) is 0 Å². The van der Waals surface area contributed by atoms with Crippen molar-refractivity contribution in [3.05, 3.63) is 53.1 Å². The van der Waals surface area contributed by atoms with Crippen LogP contribution in [0.3, 0.4) is 0 Å². The number of anilines is 1. The summed E-state index contributed by atoms with van der Waals surface area (Å²) in [5.41, 5.74) is -1.39. The fourth-order valence-corrected chi connectivity index (χ4v) is 4.60. The Morgan fingerprint density at radius 1 is 1.16 bits per heavy atom. The van der Waals surface area contributed by atoms with Crippen LogP contribution in [0, 0.1) is 0 Å². The number of benzene rings is 2. The molecule has 0 aromatic heterocycles. The molecule has 168 valence electrons. The van der Waals surface area contributed by atoms with Crippen molar-refractivity contribution in [2.45, 2.75) is 11.1 Å². The molecule has 7 nitrogen and oxygen atoms in total. The SMILES string of the molecule is O=C(COc1ccc(S(=O)(=O)N2CCOCC2)cc1Cl)Nc1ccccc1C(F)(F)F. The molecule has 0 saturated carbocycles. The number of rotatable bonds is 6. The van der Waals surface area contributed by atoms with Gasteiger partial charge in [0.1, 0.15) is 5.75 Å². The third-order valence-corrected chi connectivity index (χ3v) is 6.57. The maximum atomic E-state index is 13.0. The Morgan fingerprint density at radius 2 is 1.84 bits per heavy atom. The molecule has 1 saturated heterocycles. The van der Waals surface area contributed by atoms with Crippen molar-refractivity contribution in [2.24, 2.45) is 0 Å². The topological polar surface area (TPSA) is 84.9 Å². The smallest absolute Gasteiger partial charge is 0.418 e. The van der Waals surface area contributed by atoms with E-state index in [2.05, 4.69) is 5.32 Å². The van der Waals surface area contributed by atoms with Crippen molar-refractivity contribution < 1.29 is 35.9 Å². The van der Waals surface area contributed by atoms with Crippen molar-refractivity contribution in [3.8, 4) is 5.75 Å².